The Morgan fingerprint density at radius 3 is 2.68 bits per heavy atom. The van der Waals surface area contributed by atoms with Gasteiger partial charge in [-0.25, -0.2) is 8.78 Å². The third-order valence-electron chi connectivity index (χ3n) is 8.02. The summed E-state index contributed by atoms with van der Waals surface area (Å²) in [7, 11) is 1.51. The van der Waals surface area contributed by atoms with Crippen molar-refractivity contribution in [3.8, 4) is 5.75 Å². The van der Waals surface area contributed by atoms with Crippen LogP contribution < -0.4 is 15.4 Å². The molecule has 3 fully saturated rings. The summed E-state index contributed by atoms with van der Waals surface area (Å²) in [5.41, 5.74) is -0.663. The maximum absolute atomic E-state index is 14.4. The van der Waals surface area contributed by atoms with E-state index >= 15 is 0 Å². The number of rotatable bonds is 8. The van der Waals surface area contributed by atoms with Crippen molar-refractivity contribution < 1.29 is 32.7 Å². The maximum Gasteiger partial charge on any atom is 0.271 e. The zero-order valence-corrected chi connectivity index (χ0v) is 20.7. The number of aromatic amines is 1. The lowest BCUT2D eigenvalue weighted by Crippen LogP contribution is -2.51. The molecule has 2 aromatic rings. The van der Waals surface area contributed by atoms with Gasteiger partial charge in [-0.15, -0.1) is 0 Å². The van der Waals surface area contributed by atoms with Crippen LogP contribution in [0.2, 0.25) is 0 Å². The topological polar surface area (TPSA) is 121 Å². The molecule has 0 bridgehead atoms. The number of halogens is 2. The molecule has 11 heteroatoms. The number of likely N-dealkylation sites (tertiary alicyclic amines) is 1. The van der Waals surface area contributed by atoms with Crippen LogP contribution in [0, 0.1) is 11.3 Å². The van der Waals surface area contributed by atoms with E-state index in [0.29, 0.717) is 29.6 Å². The van der Waals surface area contributed by atoms with E-state index in [0.717, 1.165) is 0 Å². The normalized spacial score (nSPS) is 26.8. The highest BCUT2D eigenvalue weighted by molar-refractivity contribution is 6.02. The summed E-state index contributed by atoms with van der Waals surface area (Å²) < 4.78 is 34.1. The van der Waals surface area contributed by atoms with Crippen molar-refractivity contribution in [3.63, 3.8) is 0 Å². The van der Waals surface area contributed by atoms with Crippen LogP contribution in [0.1, 0.15) is 49.5 Å². The number of nitrogens with one attached hydrogen (secondary N) is 3. The molecule has 1 saturated carbocycles. The summed E-state index contributed by atoms with van der Waals surface area (Å²) in [5.74, 6) is -4.50. The number of carbonyl (C=O) groups is 4. The second-order valence-corrected chi connectivity index (χ2v) is 10.3. The van der Waals surface area contributed by atoms with Crippen LogP contribution >= 0.6 is 0 Å². The van der Waals surface area contributed by atoms with E-state index in [2.05, 4.69) is 15.6 Å². The Bertz CT molecular complexity index is 1280. The number of carbonyl (C=O) groups excluding carboxylic acids is 4. The van der Waals surface area contributed by atoms with Crippen molar-refractivity contribution in [2.45, 2.75) is 57.0 Å². The average Bonchev–Trinajstić information content (AvgIpc) is 3.36. The summed E-state index contributed by atoms with van der Waals surface area (Å²) in [5, 5.41) is 6.07. The Kier molecular flexibility index (Phi) is 6.19. The van der Waals surface area contributed by atoms with Crippen LogP contribution in [-0.4, -0.2) is 71.6 Å². The molecule has 1 aromatic carbocycles. The molecule has 3 N–H and O–H groups in total. The molecule has 0 radical (unpaired) electrons. The summed E-state index contributed by atoms with van der Waals surface area (Å²) in [6, 6.07) is 4.75. The minimum atomic E-state index is -2.97. The number of H-pyrrole nitrogens is 1. The van der Waals surface area contributed by atoms with E-state index in [1.165, 1.54) is 12.0 Å². The van der Waals surface area contributed by atoms with Crippen LogP contribution in [-0.2, 0) is 14.4 Å². The molecule has 9 nitrogen and oxygen atoms in total. The van der Waals surface area contributed by atoms with Crippen molar-refractivity contribution in [3.05, 3.63) is 30.0 Å². The van der Waals surface area contributed by atoms with E-state index in [9.17, 15) is 28.0 Å². The number of hydrogen-bond donors (Lipinski definition) is 3. The number of alkyl halides is 2. The van der Waals surface area contributed by atoms with Gasteiger partial charge >= 0.3 is 0 Å². The van der Waals surface area contributed by atoms with E-state index in [1.807, 2.05) is 0 Å². The summed E-state index contributed by atoms with van der Waals surface area (Å²) in [4.78, 5) is 55.9. The fraction of sp³-hybridized carbons (Fsp3) is 0.538. The molecule has 3 aliphatic rings. The summed E-state index contributed by atoms with van der Waals surface area (Å²) in [6.45, 7) is 1.90. The lowest BCUT2D eigenvalue weighted by molar-refractivity contribution is -0.131. The highest BCUT2D eigenvalue weighted by Gasteiger charge is 2.75. The van der Waals surface area contributed by atoms with Gasteiger partial charge in [-0.05, 0) is 37.5 Å². The number of nitrogens with zero attached hydrogens (tertiary/aromatic N) is 1. The highest BCUT2D eigenvalue weighted by atomic mass is 19.3. The molecule has 1 aromatic heterocycles. The first-order valence-electron chi connectivity index (χ1n) is 12.5. The standard InChI is InChI=1S/C26H30F2N4O5/c1-3-20(33)17(9-14-7-8-29-22(14)34)31-23(35)19-11-25(12-26(25,27)28)13-32(19)24(36)18-10-15-16(30-18)5-4-6-21(15)37-2/h4-6,10,14,17,19,30H,3,7-9,11-13H2,1-2H3,(H,29,34)(H,31,35). The van der Waals surface area contributed by atoms with Gasteiger partial charge in [-0.3, -0.25) is 19.2 Å². The molecule has 1 spiro atoms. The fourth-order valence-corrected chi connectivity index (χ4v) is 5.72. The largest absolute Gasteiger partial charge is 0.496 e. The van der Waals surface area contributed by atoms with Crippen molar-refractivity contribution >= 4 is 34.4 Å². The van der Waals surface area contributed by atoms with Crippen molar-refractivity contribution in [2.75, 3.05) is 20.2 Å². The molecule has 3 amide bonds. The minimum Gasteiger partial charge on any atom is -0.496 e. The molecule has 2 aliphatic heterocycles. The van der Waals surface area contributed by atoms with Crippen molar-refractivity contribution in [2.24, 2.45) is 11.3 Å². The van der Waals surface area contributed by atoms with E-state index in [-0.39, 0.29) is 43.2 Å². The van der Waals surface area contributed by atoms with Crippen molar-refractivity contribution in [1.29, 1.82) is 0 Å². The quantitative estimate of drug-likeness (QED) is 0.498. The van der Waals surface area contributed by atoms with E-state index < -0.39 is 47.6 Å². The second-order valence-electron chi connectivity index (χ2n) is 10.3. The number of methoxy groups -OCH3 is 1. The number of amides is 3. The van der Waals surface area contributed by atoms with Crippen LogP contribution in [0.5, 0.6) is 5.75 Å². The van der Waals surface area contributed by atoms with Gasteiger partial charge < -0.3 is 25.3 Å². The van der Waals surface area contributed by atoms with Gasteiger partial charge in [0.2, 0.25) is 11.8 Å². The lowest BCUT2D eigenvalue weighted by Gasteiger charge is -2.26. The molecule has 4 unspecified atom stereocenters. The fourth-order valence-electron chi connectivity index (χ4n) is 5.72. The number of hydrogen-bond acceptors (Lipinski definition) is 5. The first-order chi connectivity index (χ1) is 17.6. The van der Waals surface area contributed by atoms with Gasteiger partial charge in [-0.1, -0.05) is 13.0 Å². The Balaban J connectivity index is 1.40. The minimum absolute atomic E-state index is 0.133. The van der Waals surface area contributed by atoms with E-state index in [1.54, 1.807) is 31.2 Å². The number of ketones is 1. The number of aromatic nitrogens is 1. The third kappa shape index (κ3) is 4.34. The zero-order chi connectivity index (χ0) is 26.5. The predicted molar refractivity (Wildman–Crippen MR) is 129 cm³/mol. The van der Waals surface area contributed by atoms with Gasteiger partial charge in [0, 0.05) is 42.8 Å². The molecule has 198 valence electrons. The van der Waals surface area contributed by atoms with Gasteiger partial charge in [0.05, 0.1) is 18.6 Å². The van der Waals surface area contributed by atoms with E-state index in [4.69, 9.17) is 4.74 Å². The summed E-state index contributed by atoms with van der Waals surface area (Å²) >= 11 is 0. The van der Waals surface area contributed by atoms with Crippen LogP contribution in [0.3, 0.4) is 0 Å². The van der Waals surface area contributed by atoms with Crippen LogP contribution in [0.15, 0.2) is 24.3 Å². The number of benzene rings is 1. The SMILES string of the molecule is CCC(=O)C(CC1CCNC1=O)NC(=O)C1CC2(CN1C(=O)c1cc3c(OC)cccc3[nH]1)CC2(F)F. The second kappa shape index (κ2) is 9.11. The Morgan fingerprint density at radius 2 is 2.05 bits per heavy atom. The number of ether oxygens (including phenoxy) is 1. The highest BCUT2D eigenvalue weighted by Crippen LogP contribution is 2.66. The van der Waals surface area contributed by atoms with Crippen molar-refractivity contribution in [1.82, 2.24) is 20.5 Å². The Hall–Kier alpha value is -3.50. The molecule has 2 saturated heterocycles. The first kappa shape index (κ1) is 25.2. The van der Waals surface area contributed by atoms with Gasteiger partial charge in [-0.2, -0.15) is 0 Å². The zero-order valence-electron chi connectivity index (χ0n) is 20.7. The lowest BCUT2D eigenvalue weighted by atomic mass is 9.94. The number of fused-ring (bicyclic) bond motifs is 1. The third-order valence-corrected chi connectivity index (χ3v) is 8.02. The molecular formula is C26H30F2N4O5. The van der Waals surface area contributed by atoms with Crippen LogP contribution in [0.4, 0.5) is 8.78 Å². The Morgan fingerprint density at radius 1 is 1.30 bits per heavy atom. The Labute approximate surface area is 212 Å². The maximum atomic E-state index is 14.4. The molecular weight excluding hydrogens is 486 g/mol. The number of Topliss-reactive ketones (excluding diaryl/α,β-unsaturated/α-hetero) is 1. The molecule has 4 atom stereocenters. The molecule has 5 rings (SSSR count). The monoisotopic (exact) mass is 516 g/mol. The summed E-state index contributed by atoms with van der Waals surface area (Å²) in [6.07, 6.45) is 0.237. The van der Waals surface area contributed by atoms with Gasteiger partial charge in [0.1, 0.15) is 17.5 Å². The van der Waals surface area contributed by atoms with Gasteiger partial charge in [0.15, 0.2) is 5.78 Å². The smallest absolute Gasteiger partial charge is 0.271 e. The molecule has 3 heterocycles. The molecule has 1 aliphatic carbocycles. The van der Waals surface area contributed by atoms with Gasteiger partial charge in [0.25, 0.3) is 11.8 Å². The average molecular weight is 517 g/mol. The van der Waals surface area contributed by atoms with Crippen LogP contribution in [0.25, 0.3) is 10.9 Å². The predicted octanol–water partition coefficient (Wildman–Crippen LogP) is 2.41. The molecule has 37 heavy (non-hydrogen) atoms. The first-order valence-corrected chi connectivity index (χ1v) is 12.5.